The SMILES string of the molecule is CCCOOC1(Oc2cccc(O)c2C(C)=O)C=CC=CC1(C)O. The summed E-state index contributed by atoms with van der Waals surface area (Å²) >= 11 is 0. The van der Waals surface area contributed by atoms with Gasteiger partial charge in [0.05, 0.1) is 6.61 Å². The molecule has 1 aliphatic rings. The van der Waals surface area contributed by atoms with Crippen LogP contribution in [0.3, 0.4) is 0 Å². The molecule has 1 aromatic rings. The number of Topliss-reactive ketones (excluding diaryl/α,β-unsaturated/α-hetero) is 1. The Balaban J connectivity index is 2.44. The summed E-state index contributed by atoms with van der Waals surface area (Å²) in [6, 6.07) is 4.44. The maximum Gasteiger partial charge on any atom is 0.291 e. The predicted molar refractivity (Wildman–Crippen MR) is 87.7 cm³/mol. The fourth-order valence-electron chi connectivity index (χ4n) is 2.31. The molecule has 0 bridgehead atoms. The summed E-state index contributed by atoms with van der Waals surface area (Å²) in [7, 11) is 0. The van der Waals surface area contributed by atoms with Gasteiger partial charge < -0.3 is 14.9 Å². The Kier molecular flexibility index (Phi) is 5.43. The second-order valence-corrected chi connectivity index (χ2v) is 5.75. The molecule has 6 nitrogen and oxygen atoms in total. The molecule has 0 radical (unpaired) electrons. The van der Waals surface area contributed by atoms with Crippen LogP contribution in [0.2, 0.25) is 0 Å². The molecule has 0 amide bonds. The third kappa shape index (κ3) is 3.51. The molecule has 0 spiro atoms. The highest BCUT2D eigenvalue weighted by molar-refractivity contribution is 5.99. The summed E-state index contributed by atoms with van der Waals surface area (Å²) in [6.45, 7) is 5.03. The summed E-state index contributed by atoms with van der Waals surface area (Å²) in [4.78, 5) is 22.4. The number of aliphatic hydroxyl groups is 1. The van der Waals surface area contributed by atoms with Gasteiger partial charge in [-0.3, -0.25) is 4.79 Å². The van der Waals surface area contributed by atoms with Crippen molar-refractivity contribution in [3.05, 3.63) is 48.1 Å². The largest absolute Gasteiger partial charge is 0.507 e. The number of ether oxygens (including phenoxy) is 1. The molecule has 1 aliphatic carbocycles. The van der Waals surface area contributed by atoms with Gasteiger partial charge in [-0.1, -0.05) is 25.1 Å². The van der Waals surface area contributed by atoms with Crippen LogP contribution in [0.15, 0.2) is 42.5 Å². The lowest BCUT2D eigenvalue weighted by molar-refractivity contribution is -0.421. The molecule has 2 rings (SSSR count). The molecular weight excluding hydrogens is 312 g/mol. The number of ketones is 1. The Bertz CT molecular complexity index is 661. The second-order valence-electron chi connectivity index (χ2n) is 5.75. The van der Waals surface area contributed by atoms with Gasteiger partial charge in [-0.25, -0.2) is 4.89 Å². The number of benzene rings is 1. The molecule has 2 atom stereocenters. The number of allylic oxidation sites excluding steroid dienone is 2. The van der Waals surface area contributed by atoms with E-state index in [9.17, 15) is 15.0 Å². The third-order valence-corrected chi connectivity index (χ3v) is 3.64. The van der Waals surface area contributed by atoms with Crippen LogP contribution in [0.25, 0.3) is 0 Å². The van der Waals surface area contributed by atoms with Gasteiger partial charge in [-0.2, -0.15) is 4.89 Å². The first-order valence-electron chi connectivity index (χ1n) is 7.75. The summed E-state index contributed by atoms with van der Waals surface area (Å²) in [5.41, 5.74) is -1.55. The smallest absolute Gasteiger partial charge is 0.291 e. The van der Waals surface area contributed by atoms with Crippen molar-refractivity contribution < 1.29 is 29.5 Å². The van der Waals surface area contributed by atoms with E-state index in [0.29, 0.717) is 13.0 Å². The minimum absolute atomic E-state index is 0.00900. The standard InChI is InChI=1S/C18H22O6/c1-4-12-22-24-18(11-6-5-10-17(18,3)21)23-15-9-7-8-14(20)16(15)13(2)19/h5-11,20-21H,4,12H2,1-3H3. The molecular formula is C18H22O6. The zero-order valence-corrected chi connectivity index (χ0v) is 14.0. The van der Waals surface area contributed by atoms with Crippen LogP contribution in [-0.2, 0) is 9.78 Å². The van der Waals surface area contributed by atoms with Gasteiger partial charge in [0.25, 0.3) is 5.79 Å². The highest BCUT2D eigenvalue weighted by atomic mass is 17.2. The van der Waals surface area contributed by atoms with Gasteiger partial charge in [0, 0.05) is 0 Å². The van der Waals surface area contributed by atoms with Gasteiger partial charge in [0.2, 0.25) is 0 Å². The van der Waals surface area contributed by atoms with E-state index in [1.807, 2.05) is 6.92 Å². The molecule has 2 unspecified atom stereocenters. The number of carbonyl (C=O) groups excluding carboxylic acids is 1. The summed E-state index contributed by atoms with van der Waals surface area (Å²) in [5.74, 6) is -2.19. The van der Waals surface area contributed by atoms with Crippen molar-refractivity contribution in [3.8, 4) is 11.5 Å². The van der Waals surface area contributed by atoms with Crippen molar-refractivity contribution in [2.24, 2.45) is 0 Å². The Labute approximate surface area is 140 Å². The monoisotopic (exact) mass is 334 g/mol. The highest BCUT2D eigenvalue weighted by Crippen LogP contribution is 2.38. The van der Waals surface area contributed by atoms with Gasteiger partial charge in [-0.05, 0) is 44.6 Å². The van der Waals surface area contributed by atoms with Gasteiger partial charge in [0.15, 0.2) is 11.4 Å². The van der Waals surface area contributed by atoms with Crippen molar-refractivity contribution in [1.29, 1.82) is 0 Å². The molecule has 2 N–H and O–H groups in total. The van der Waals surface area contributed by atoms with Gasteiger partial charge in [-0.15, -0.1) is 0 Å². The minimum atomic E-state index is -1.70. The normalized spacial score (nSPS) is 25.7. The first-order chi connectivity index (χ1) is 11.3. The summed E-state index contributed by atoms with van der Waals surface area (Å²) in [6.07, 6.45) is 7.00. The lowest BCUT2D eigenvalue weighted by atomic mass is 9.90. The number of carbonyl (C=O) groups is 1. The summed E-state index contributed by atoms with van der Waals surface area (Å²) in [5, 5.41) is 20.7. The maximum absolute atomic E-state index is 11.8. The van der Waals surface area contributed by atoms with E-state index < -0.39 is 11.4 Å². The molecule has 0 aromatic heterocycles. The lowest BCUT2D eigenvalue weighted by Gasteiger charge is -2.41. The zero-order chi connectivity index (χ0) is 17.8. The van der Waals surface area contributed by atoms with E-state index >= 15 is 0 Å². The Hall–Kier alpha value is -2.15. The quantitative estimate of drug-likeness (QED) is 0.262. The average molecular weight is 334 g/mol. The number of phenols is 1. The second kappa shape index (κ2) is 7.17. The Morgan fingerprint density at radius 1 is 1.25 bits per heavy atom. The molecule has 130 valence electrons. The van der Waals surface area contributed by atoms with Crippen LogP contribution in [0.1, 0.15) is 37.6 Å². The average Bonchev–Trinajstić information content (AvgIpc) is 2.50. The van der Waals surface area contributed by atoms with E-state index in [2.05, 4.69) is 0 Å². The lowest BCUT2D eigenvalue weighted by Crippen LogP contribution is -2.57. The van der Waals surface area contributed by atoms with E-state index in [-0.39, 0.29) is 22.8 Å². The fourth-order valence-corrected chi connectivity index (χ4v) is 2.31. The number of phenolic OH excluding ortho intramolecular Hbond substituents is 1. The van der Waals surface area contributed by atoms with E-state index in [0.717, 1.165) is 0 Å². The number of hydrogen-bond donors (Lipinski definition) is 2. The first-order valence-corrected chi connectivity index (χ1v) is 7.75. The minimum Gasteiger partial charge on any atom is -0.507 e. The van der Waals surface area contributed by atoms with Crippen LogP contribution in [-0.4, -0.2) is 34.0 Å². The molecule has 6 heteroatoms. The number of aromatic hydroxyl groups is 1. The van der Waals surface area contributed by atoms with Gasteiger partial charge >= 0.3 is 0 Å². The first kappa shape index (κ1) is 18.2. The van der Waals surface area contributed by atoms with E-state index in [1.165, 1.54) is 44.2 Å². The molecule has 0 heterocycles. The molecule has 24 heavy (non-hydrogen) atoms. The Morgan fingerprint density at radius 2 is 1.96 bits per heavy atom. The molecule has 1 aromatic carbocycles. The van der Waals surface area contributed by atoms with Crippen molar-refractivity contribution >= 4 is 5.78 Å². The molecule has 0 fully saturated rings. The molecule has 0 saturated carbocycles. The van der Waals surface area contributed by atoms with Crippen LogP contribution < -0.4 is 4.74 Å². The van der Waals surface area contributed by atoms with Crippen LogP contribution in [0.4, 0.5) is 0 Å². The van der Waals surface area contributed by atoms with Crippen molar-refractivity contribution in [2.75, 3.05) is 6.61 Å². The number of rotatable bonds is 7. The van der Waals surface area contributed by atoms with Crippen LogP contribution in [0, 0.1) is 0 Å². The maximum atomic E-state index is 11.8. The zero-order valence-electron chi connectivity index (χ0n) is 14.0. The van der Waals surface area contributed by atoms with E-state index in [4.69, 9.17) is 14.5 Å². The van der Waals surface area contributed by atoms with Crippen molar-refractivity contribution in [1.82, 2.24) is 0 Å². The highest BCUT2D eigenvalue weighted by Gasteiger charge is 2.51. The van der Waals surface area contributed by atoms with Crippen molar-refractivity contribution in [3.63, 3.8) is 0 Å². The van der Waals surface area contributed by atoms with Crippen LogP contribution in [0.5, 0.6) is 11.5 Å². The van der Waals surface area contributed by atoms with Crippen LogP contribution >= 0.6 is 0 Å². The van der Waals surface area contributed by atoms with Gasteiger partial charge in [0.1, 0.15) is 17.1 Å². The molecule has 0 aliphatic heterocycles. The summed E-state index contributed by atoms with van der Waals surface area (Å²) < 4.78 is 5.86. The fraction of sp³-hybridized carbons (Fsp3) is 0.389. The molecule has 0 saturated heterocycles. The third-order valence-electron chi connectivity index (χ3n) is 3.64. The topological polar surface area (TPSA) is 85.2 Å². The Morgan fingerprint density at radius 3 is 2.58 bits per heavy atom. The van der Waals surface area contributed by atoms with Crippen molar-refractivity contribution in [2.45, 2.75) is 38.6 Å². The van der Waals surface area contributed by atoms with E-state index in [1.54, 1.807) is 12.2 Å². The predicted octanol–water partition coefficient (Wildman–Crippen LogP) is 2.91. The number of hydrogen-bond acceptors (Lipinski definition) is 6.